The van der Waals surface area contributed by atoms with Gasteiger partial charge in [-0.3, -0.25) is 4.79 Å². The molecule has 0 aliphatic heterocycles. The molecule has 0 saturated heterocycles. The van der Waals surface area contributed by atoms with Gasteiger partial charge in [0.25, 0.3) is 5.91 Å². The number of benzene rings is 1. The fraction of sp³-hybridized carbons (Fsp3) is 0.167. The van der Waals surface area contributed by atoms with Crippen molar-refractivity contribution in [3.63, 3.8) is 0 Å². The van der Waals surface area contributed by atoms with Crippen LogP contribution in [0.3, 0.4) is 0 Å². The summed E-state index contributed by atoms with van der Waals surface area (Å²) in [6.07, 6.45) is 3.31. The maximum Gasteiger partial charge on any atom is 0.253 e. The minimum absolute atomic E-state index is 0.137. The van der Waals surface area contributed by atoms with Gasteiger partial charge in [-0.1, -0.05) is 6.08 Å². The summed E-state index contributed by atoms with van der Waals surface area (Å²) >= 11 is 1.56. The molecule has 0 aliphatic rings. The highest BCUT2D eigenvalue weighted by Gasteiger charge is 2.21. The quantitative estimate of drug-likeness (QED) is 0.390. The molecular formula is C24H23N3O3S. The zero-order valence-electron chi connectivity index (χ0n) is 17.4. The SMILES string of the molecule is C=CCNC(=O)c1cc(-c2csc(-c3ccc(OC)cc3)n2)n(Cc2ccco2)c1C. The normalized spacial score (nSPS) is 10.8. The van der Waals surface area contributed by atoms with E-state index in [2.05, 4.69) is 16.5 Å². The van der Waals surface area contributed by atoms with Crippen LogP contribution in [0.1, 0.15) is 21.8 Å². The van der Waals surface area contributed by atoms with Crippen molar-refractivity contribution in [3.8, 4) is 27.7 Å². The van der Waals surface area contributed by atoms with Crippen molar-refractivity contribution in [1.29, 1.82) is 0 Å². The molecule has 7 heteroatoms. The number of carbonyl (C=O) groups excluding carboxylic acids is 1. The third kappa shape index (κ3) is 4.32. The molecule has 31 heavy (non-hydrogen) atoms. The van der Waals surface area contributed by atoms with Crippen LogP contribution in [0.5, 0.6) is 5.75 Å². The fourth-order valence-electron chi connectivity index (χ4n) is 3.37. The molecule has 0 unspecified atom stereocenters. The second-order valence-electron chi connectivity index (χ2n) is 6.96. The number of aromatic nitrogens is 2. The van der Waals surface area contributed by atoms with Gasteiger partial charge in [0.05, 0.1) is 36.9 Å². The van der Waals surface area contributed by atoms with Crippen LogP contribution in [0, 0.1) is 6.92 Å². The van der Waals surface area contributed by atoms with E-state index in [-0.39, 0.29) is 5.91 Å². The van der Waals surface area contributed by atoms with Crippen molar-refractivity contribution in [2.45, 2.75) is 13.5 Å². The molecule has 0 bridgehead atoms. The lowest BCUT2D eigenvalue weighted by molar-refractivity contribution is 0.0957. The lowest BCUT2D eigenvalue weighted by Crippen LogP contribution is -2.23. The molecule has 1 amide bonds. The molecule has 1 N–H and O–H groups in total. The molecule has 1 aromatic carbocycles. The van der Waals surface area contributed by atoms with Gasteiger partial charge in [0.15, 0.2) is 0 Å². The summed E-state index contributed by atoms with van der Waals surface area (Å²) < 4.78 is 12.9. The number of ether oxygens (including phenoxy) is 1. The van der Waals surface area contributed by atoms with Crippen LogP contribution in [0.25, 0.3) is 22.0 Å². The maximum atomic E-state index is 12.7. The number of hydrogen-bond acceptors (Lipinski definition) is 5. The van der Waals surface area contributed by atoms with Gasteiger partial charge in [-0.15, -0.1) is 17.9 Å². The summed E-state index contributed by atoms with van der Waals surface area (Å²) in [7, 11) is 1.65. The summed E-state index contributed by atoms with van der Waals surface area (Å²) in [5, 5.41) is 5.77. The van der Waals surface area contributed by atoms with Crippen LogP contribution in [0.15, 0.2) is 71.2 Å². The monoisotopic (exact) mass is 433 g/mol. The Hall–Kier alpha value is -3.58. The lowest BCUT2D eigenvalue weighted by atomic mass is 10.2. The van der Waals surface area contributed by atoms with Crippen LogP contribution < -0.4 is 10.1 Å². The average Bonchev–Trinajstić information content (AvgIpc) is 3.54. The van der Waals surface area contributed by atoms with Gasteiger partial charge >= 0.3 is 0 Å². The molecule has 3 heterocycles. The van der Waals surface area contributed by atoms with Gasteiger partial charge in [0, 0.05) is 23.2 Å². The Morgan fingerprint density at radius 1 is 1.32 bits per heavy atom. The molecule has 0 saturated carbocycles. The molecule has 158 valence electrons. The predicted octanol–water partition coefficient (Wildman–Crippen LogP) is 5.15. The number of furan rings is 1. The smallest absolute Gasteiger partial charge is 0.253 e. The van der Waals surface area contributed by atoms with Crippen molar-refractivity contribution >= 4 is 17.2 Å². The molecule has 0 spiro atoms. The Labute approximate surface area is 184 Å². The molecule has 3 aromatic heterocycles. The van der Waals surface area contributed by atoms with E-state index in [1.807, 2.05) is 54.8 Å². The minimum Gasteiger partial charge on any atom is -0.497 e. The van der Waals surface area contributed by atoms with Crippen LogP contribution in [0.4, 0.5) is 0 Å². The highest BCUT2D eigenvalue weighted by Crippen LogP contribution is 2.32. The van der Waals surface area contributed by atoms with E-state index in [9.17, 15) is 4.79 Å². The summed E-state index contributed by atoms with van der Waals surface area (Å²) in [4.78, 5) is 17.5. The number of thiazole rings is 1. The van der Waals surface area contributed by atoms with Crippen molar-refractivity contribution in [2.75, 3.05) is 13.7 Å². The Morgan fingerprint density at radius 2 is 2.13 bits per heavy atom. The molecule has 0 fully saturated rings. The first-order chi connectivity index (χ1) is 15.1. The first-order valence-electron chi connectivity index (χ1n) is 9.82. The Bertz CT molecular complexity index is 1190. The van der Waals surface area contributed by atoms with Crippen LogP contribution >= 0.6 is 11.3 Å². The summed E-state index contributed by atoms with van der Waals surface area (Å²) in [6, 6.07) is 13.5. The van der Waals surface area contributed by atoms with Gasteiger partial charge in [0.1, 0.15) is 16.5 Å². The Morgan fingerprint density at radius 3 is 2.81 bits per heavy atom. The number of hydrogen-bond donors (Lipinski definition) is 1. The fourth-order valence-corrected chi connectivity index (χ4v) is 4.19. The van der Waals surface area contributed by atoms with E-state index < -0.39 is 0 Å². The van der Waals surface area contributed by atoms with Crippen molar-refractivity contribution in [3.05, 3.63) is 83.8 Å². The third-order valence-corrected chi connectivity index (χ3v) is 5.91. The van der Waals surface area contributed by atoms with Gasteiger partial charge in [-0.05, 0) is 49.4 Å². The van der Waals surface area contributed by atoms with Crippen molar-refractivity contribution in [2.24, 2.45) is 0 Å². The van der Waals surface area contributed by atoms with E-state index in [0.29, 0.717) is 18.7 Å². The zero-order chi connectivity index (χ0) is 21.8. The van der Waals surface area contributed by atoms with Gasteiger partial charge in [-0.25, -0.2) is 4.98 Å². The molecule has 0 aliphatic carbocycles. The molecule has 4 rings (SSSR count). The second-order valence-corrected chi connectivity index (χ2v) is 7.82. The average molecular weight is 434 g/mol. The number of amides is 1. The first-order valence-corrected chi connectivity index (χ1v) is 10.7. The highest BCUT2D eigenvalue weighted by atomic mass is 32.1. The predicted molar refractivity (Wildman–Crippen MR) is 123 cm³/mol. The lowest BCUT2D eigenvalue weighted by Gasteiger charge is -2.09. The highest BCUT2D eigenvalue weighted by molar-refractivity contribution is 7.13. The minimum atomic E-state index is -0.137. The van der Waals surface area contributed by atoms with E-state index in [1.54, 1.807) is 30.8 Å². The van der Waals surface area contributed by atoms with Crippen molar-refractivity contribution < 1.29 is 13.9 Å². The molecular weight excluding hydrogens is 410 g/mol. The topological polar surface area (TPSA) is 69.3 Å². The molecule has 6 nitrogen and oxygen atoms in total. The summed E-state index contributed by atoms with van der Waals surface area (Å²) in [5.74, 6) is 1.48. The van der Waals surface area contributed by atoms with E-state index in [0.717, 1.165) is 39.2 Å². The number of carbonyl (C=O) groups is 1. The molecule has 0 atom stereocenters. The second kappa shape index (κ2) is 9.06. The van der Waals surface area contributed by atoms with Crippen LogP contribution in [0.2, 0.25) is 0 Å². The van der Waals surface area contributed by atoms with Gasteiger partial charge in [0.2, 0.25) is 0 Å². The van der Waals surface area contributed by atoms with Gasteiger partial charge in [-0.2, -0.15) is 0 Å². The molecule has 4 aromatic rings. The van der Waals surface area contributed by atoms with Crippen LogP contribution in [-0.2, 0) is 6.54 Å². The molecule has 0 radical (unpaired) electrons. The Kier molecular flexibility index (Phi) is 6.04. The van der Waals surface area contributed by atoms with Crippen LogP contribution in [-0.4, -0.2) is 29.1 Å². The number of rotatable bonds is 8. The van der Waals surface area contributed by atoms with E-state index in [4.69, 9.17) is 14.1 Å². The van der Waals surface area contributed by atoms with E-state index >= 15 is 0 Å². The number of methoxy groups -OCH3 is 1. The number of nitrogens with zero attached hydrogens (tertiary/aromatic N) is 2. The first kappa shape index (κ1) is 20.7. The van der Waals surface area contributed by atoms with E-state index in [1.165, 1.54) is 0 Å². The summed E-state index contributed by atoms with van der Waals surface area (Å²) in [6.45, 7) is 6.52. The largest absolute Gasteiger partial charge is 0.497 e. The third-order valence-electron chi connectivity index (χ3n) is 5.02. The van der Waals surface area contributed by atoms with Crippen molar-refractivity contribution in [1.82, 2.24) is 14.9 Å². The zero-order valence-corrected chi connectivity index (χ0v) is 18.2. The summed E-state index contributed by atoms with van der Waals surface area (Å²) in [5.41, 5.74) is 4.16. The maximum absolute atomic E-state index is 12.7. The Balaban J connectivity index is 1.73. The standard InChI is InChI=1S/C24H23N3O3S/c1-4-11-25-23(28)20-13-22(27(16(20)2)14-19-6-5-12-30-19)21-15-31-24(26-21)17-7-9-18(29-3)10-8-17/h4-10,12-13,15H,1,11,14H2,2-3H3,(H,25,28). The number of nitrogens with one attached hydrogen (secondary N) is 1. The van der Waals surface area contributed by atoms with Gasteiger partial charge < -0.3 is 19.0 Å².